The van der Waals surface area contributed by atoms with Gasteiger partial charge in [-0.15, -0.1) is 0 Å². The number of aliphatic hydroxyl groups excluding tert-OH is 1. The smallest absolute Gasteiger partial charge is 0.305 e. The van der Waals surface area contributed by atoms with Crippen molar-refractivity contribution < 1.29 is 24.2 Å². The molecule has 55 heavy (non-hydrogen) atoms. The SMILES string of the molecule is CCCCCCCCCCCCCCCCCCCCCC(=O)OC[C@@H](O)COC(=O)CCCCCCCCCCCCCCCCCCCCC(C)CC. The van der Waals surface area contributed by atoms with Gasteiger partial charge in [0.1, 0.15) is 19.3 Å². The van der Waals surface area contributed by atoms with Crippen molar-refractivity contribution >= 4 is 11.9 Å². The summed E-state index contributed by atoms with van der Waals surface area (Å²) >= 11 is 0. The third-order valence-corrected chi connectivity index (χ3v) is 11.9. The Morgan fingerprint density at radius 3 is 0.873 bits per heavy atom. The number of rotatable bonds is 46. The largest absolute Gasteiger partial charge is 0.463 e. The maximum atomic E-state index is 12.1. The predicted octanol–water partition coefficient (Wildman–Crippen LogP) is 16.1. The van der Waals surface area contributed by atoms with Crippen molar-refractivity contribution in [3.63, 3.8) is 0 Å². The van der Waals surface area contributed by atoms with Crippen LogP contribution < -0.4 is 0 Å². The Kier molecular flexibility index (Phi) is 44.7. The van der Waals surface area contributed by atoms with Crippen LogP contribution in [0.2, 0.25) is 0 Å². The van der Waals surface area contributed by atoms with E-state index in [9.17, 15) is 14.7 Å². The van der Waals surface area contributed by atoms with Gasteiger partial charge in [-0.05, 0) is 18.8 Å². The van der Waals surface area contributed by atoms with E-state index in [-0.39, 0.29) is 25.2 Å². The van der Waals surface area contributed by atoms with E-state index in [2.05, 4.69) is 20.8 Å². The number of hydrogen-bond donors (Lipinski definition) is 1. The van der Waals surface area contributed by atoms with Gasteiger partial charge in [-0.3, -0.25) is 9.59 Å². The minimum Gasteiger partial charge on any atom is -0.463 e. The molecule has 1 N–H and O–H groups in total. The Hall–Kier alpha value is -1.10. The van der Waals surface area contributed by atoms with Gasteiger partial charge in [-0.1, -0.05) is 258 Å². The van der Waals surface area contributed by atoms with Crippen molar-refractivity contribution in [2.75, 3.05) is 13.2 Å². The fourth-order valence-corrected chi connectivity index (χ4v) is 7.71. The third kappa shape index (κ3) is 45.5. The van der Waals surface area contributed by atoms with E-state index in [1.807, 2.05) is 0 Å². The van der Waals surface area contributed by atoms with Crippen LogP contribution in [-0.4, -0.2) is 36.4 Å². The van der Waals surface area contributed by atoms with Crippen LogP contribution in [-0.2, 0) is 19.1 Å². The molecule has 0 saturated heterocycles. The molecule has 0 amide bonds. The normalized spacial score (nSPS) is 12.6. The molecule has 0 saturated carbocycles. The second kappa shape index (κ2) is 45.6. The van der Waals surface area contributed by atoms with E-state index in [1.54, 1.807) is 0 Å². The van der Waals surface area contributed by atoms with Crippen molar-refractivity contribution in [1.82, 2.24) is 0 Å². The summed E-state index contributed by atoms with van der Waals surface area (Å²) in [6, 6.07) is 0. The van der Waals surface area contributed by atoms with Gasteiger partial charge in [0.2, 0.25) is 0 Å². The summed E-state index contributed by atoms with van der Waals surface area (Å²) in [7, 11) is 0. The highest BCUT2D eigenvalue weighted by molar-refractivity contribution is 5.69. The summed E-state index contributed by atoms with van der Waals surface area (Å²) in [5, 5.41) is 10.1. The highest BCUT2D eigenvalue weighted by Gasteiger charge is 2.12. The van der Waals surface area contributed by atoms with Crippen LogP contribution in [0.25, 0.3) is 0 Å². The molecule has 1 unspecified atom stereocenters. The molecule has 0 aliphatic rings. The molecule has 5 nitrogen and oxygen atoms in total. The first kappa shape index (κ1) is 53.9. The summed E-state index contributed by atoms with van der Waals surface area (Å²) in [6.45, 7) is 6.76. The highest BCUT2D eigenvalue weighted by Crippen LogP contribution is 2.18. The van der Waals surface area contributed by atoms with Gasteiger partial charge in [0, 0.05) is 12.8 Å². The van der Waals surface area contributed by atoms with Crippen LogP contribution >= 0.6 is 0 Å². The molecular weight excluding hydrogens is 681 g/mol. The summed E-state index contributed by atoms with van der Waals surface area (Å²) < 4.78 is 10.4. The van der Waals surface area contributed by atoms with Gasteiger partial charge < -0.3 is 14.6 Å². The van der Waals surface area contributed by atoms with Crippen LogP contribution in [0.5, 0.6) is 0 Å². The molecule has 0 aromatic carbocycles. The summed E-state index contributed by atoms with van der Waals surface area (Å²) in [5.41, 5.74) is 0. The molecule has 2 atom stereocenters. The molecule has 0 radical (unpaired) electrons. The van der Waals surface area contributed by atoms with Crippen LogP contribution in [0.15, 0.2) is 0 Å². The quantitative estimate of drug-likeness (QED) is 0.0492. The van der Waals surface area contributed by atoms with E-state index < -0.39 is 6.10 Å². The molecule has 0 fully saturated rings. The van der Waals surface area contributed by atoms with E-state index >= 15 is 0 Å². The zero-order chi connectivity index (χ0) is 40.1. The lowest BCUT2D eigenvalue weighted by molar-refractivity contribution is -0.152. The van der Waals surface area contributed by atoms with Gasteiger partial charge in [-0.25, -0.2) is 0 Å². The number of carbonyl (C=O) groups is 2. The molecule has 0 rings (SSSR count). The lowest BCUT2D eigenvalue weighted by Gasteiger charge is -2.12. The topological polar surface area (TPSA) is 72.8 Å². The standard InChI is InChI=1S/C50H98O5/c1-4-6-7-8-9-10-11-12-13-14-15-19-22-25-28-31-34-37-40-43-49(52)54-45-48(51)46-55-50(53)44-41-38-35-32-29-26-23-20-17-16-18-21-24-27-30-33-36-39-42-47(3)5-2/h47-48,51H,4-46H2,1-3H3/t47?,48-/m1/s1. The Balaban J connectivity index is 3.34. The first-order chi connectivity index (χ1) is 27.0. The van der Waals surface area contributed by atoms with Crippen LogP contribution in [0.3, 0.4) is 0 Å². The average Bonchev–Trinajstić information content (AvgIpc) is 3.19. The average molecular weight is 779 g/mol. The molecule has 0 bridgehead atoms. The first-order valence-electron chi connectivity index (χ1n) is 25.0. The number of unbranched alkanes of at least 4 members (excludes halogenated alkanes) is 35. The lowest BCUT2D eigenvalue weighted by atomic mass is 9.99. The van der Waals surface area contributed by atoms with E-state index in [1.165, 1.54) is 225 Å². The van der Waals surface area contributed by atoms with Crippen LogP contribution in [0, 0.1) is 5.92 Å². The molecule has 0 aromatic rings. The van der Waals surface area contributed by atoms with Gasteiger partial charge in [0.05, 0.1) is 0 Å². The number of carbonyl (C=O) groups excluding carboxylic acids is 2. The molecule has 5 heteroatoms. The maximum Gasteiger partial charge on any atom is 0.305 e. The van der Waals surface area contributed by atoms with E-state index in [4.69, 9.17) is 9.47 Å². The van der Waals surface area contributed by atoms with Gasteiger partial charge in [0.25, 0.3) is 0 Å². The van der Waals surface area contributed by atoms with Crippen LogP contribution in [0.4, 0.5) is 0 Å². The zero-order valence-electron chi connectivity index (χ0n) is 37.6. The van der Waals surface area contributed by atoms with E-state index in [0.29, 0.717) is 12.8 Å². The first-order valence-corrected chi connectivity index (χ1v) is 25.0. The Labute approximate surface area is 344 Å². The Morgan fingerprint density at radius 1 is 0.382 bits per heavy atom. The number of aliphatic hydroxyl groups is 1. The van der Waals surface area contributed by atoms with Crippen molar-refractivity contribution in [2.45, 2.75) is 290 Å². The minimum atomic E-state index is -0.957. The molecular formula is C50H98O5. The number of hydrogen-bond acceptors (Lipinski definition) is 5. The second-order valence-electron chi connectivity index (χ2n) is 17.5. The lowest BCUT2D eigenvalue weighted by Crippen LogP contribution is -2.25. The molecule has 0 aromatic heterocycles. The Bertz CT molecular complexity index is 769. The van der Waals surface area contributed by atoms with Crippen molar-refractivity contribution in [1.29, 1.82) is 0 Å². The van der Waals surface area contributed by atoms with Gasteiger partial charge in [-0.2, -0.15) is 0 Å². The summed E-state index contributed by atoms with van der Waals surface area (Å²) in [5.74, 6) is 0.373. The molecule has 0 aliphatic carbocycles. The fourth-order valence-electron chi connectivity index (χ4n) is 7.71. The van der Waals surface area contributed by atoms with Crippen LogP contribution in [0.1, 0.15) is 284 Å². The van der Waals surface area contributed by atoms with E-state index in [0.717, 1.165) is 31.6 Å². The van der Waals surface area contributed by atoms with Crippen molar-refractivity contribution in [3.05, 3.63) is 0 Å². The summed E-state index contributed by atoms with van der Waals surface area (Å²) in [6.07, 6.45) is 51.8. The van der Waals surface area contributed by atoms with Gasteiger partial charge >= 0.3 is 11.9 Å². The fraction of sp³-hybridized carbons (Fsp3) is 0.960. The molecule has 328 valence electrons. The minimum absolute atomic E-state index is 0.107. The molecule has 0 aliphatic heterocycles. The molecule has 0 spiro atoms. The molecule has 0 heterocycles. The third-order valence-electron chi connectivity index (χ3n) is 11.9. The monoisotopic (exact) mass is 779 g/mol. The van der Waals surface area contributed by atoms with Crippen molar-refractivity contribution in [3.8, 4) is 0 Å². The maximum absolute atomic E-state index is 12.1. The van der Waals surface area contributed by atoms with Crippen molar-refractivity contribution in [2.24, 2.45) is 5.92 Å². The highest BCUT2D eigenvalue weighted by atomic mass is 16.6. The number of ether oxygens (including phenoxy) is 2. The Morgan fingerprint density at radius 2 is 0.618 bits per heavy atom. The number of esters is 2. The predicted molar refractivity (Wildman–Crippen MR) is 238 cm³/mol. The second-order valence-corrected chi connectivity index (χ2v) is 17.5. The zero-order valence-corrected chi connectivity index (χ0v) is 37.6. The summed E-state index contributed by atoms with van der Waals surface area (Å²) in [4.78, 5) is 24.1. The van der Waals surface area contributed by atoms with Gasteiger partial charge in [0.15, 0.2) is 0 Å².